The van der Waals surface area contributed by atoms with Crippen molar-refractivity contribution in [3.05, 3.63) is 35.1 Å². The SMILES string of the molecule is CCNC(=O)C1(c2ccc(CN3CCCC3)c(F)c2)CC(O)C1. The van der Waals surface area contributed by atoms with Crippen molar-refractivity contribution in [1.82, 2.24) is 10.2 Å². The minimum absolute atomic E-state index is 0.114. The van der Waals surface area contributed by atoms with Crippen LogP contribution in [-0.4, -0.2) is 41.7 Å². The van der Waals surface area contributed by atoms with Gasteiger partial charge in [0.05, 0.1) is 11.5 Å². The first-order valence-corrected chi connectivity index (χ1v) is 8.53. The number of rotatable bonds is 5. The van der Waals surface area contributed by atoms with Crippen molar-refractivity contribution in [2.24, 2.45) is 0 Å². The van der Waals surface area contributed by atoms with E-state index in [1.165, 1.54) is 18.9 Å². The molecule has 3 rings (SSSR count). The highest BCUT2D eigenvalue weighted by molar-refractivity contribution is 5.89. The van der Waals surface area contributed by atoms with Crippen LogP contribution in [0, 0.1) is 5.82 Å². The lowest BCUT2D eigenvalue weighted by Crippen LogP contribution is -2.55. The van der Waals surface area contributed by atoms with Crippen LogP contribution in [0.4, 0.5) is 4.39 Å². The van der Waals surface area contributed by atoms with Crippen LogP contribution >= 0.6 is 0 Å². The van der Waals surface area contributed by atoms with Crippen molar-refractivity contribution in [1.29, 1.82) is 0 Å². The minimum Gasteiger partial charge on any atom is -0.393 e. The molecule has 0 aromatic heterocycles. The number of hydrogen-bond acceptors (Lipinski definition) is 3. The van der Waals surface area contributed by atoms with Gasteiger partial charge in [-0.3, -0.25) is 9.69 Å². The number of likely N-dealkylation sites (N-methyl/N-ethyl adjacent to an activating group) is 1. The number of aliphatic hydroxyl groups excluding tert-OH is 1. The van der Waals surface area contributed by atoms with Gasteiger partial charge in [0.1, 0.15) is 5.82 Å². The molecule has 1 heterocycles. The molecule has 0 unspecified atom stereocenters. The van der Waals surface area contributed by atoms with Crippen LogP contribution in [0.5, 0.6) is 0 Å². The zero-order valence-corrected chi connectivity index (χ0v) is 13.6. The number of carbonyl (C=O) groups excluding carboxylic acids is 1. The molecular weight excluding hydrogens is 295 g/mol. The first-order valence-electron chi connectivity index (χ1n) is 8.53. The average molecular weight is 320 g/mol. The number of carbonyl (C=O) groups is 1. The number of amides is 1. The molecule has 1 aromatic carbocycles. The fourth-order valence-corrected chi connectivity index (χ4v) is 3.78. The van der Waals surface area contributed by atoms with Crippen molar-refractivity contribution in [2.45, 2.75) is 50.7 Å². The molecule has 2 aliphatic rings. The zero-order valence-electron chi connectivity index (χ0n) is 13.6. The van der Waals surface area contributed by atoms with Crippen LogP contribution in [0.2, 0.25) is 0 Å². The summed E-state index contributed by atoms with van der Waals surface area (Å²) < 4.78 is 14.5. The maximum atomic E-state index is 14.5. The molecule has 126 valence electrons. The van der Waals surface area contributed by atoms with Crippen molar-refractivity contribution in [3.63, 3.8) is 0 Å². The number of halogens is 1. The Morgan fingerprint density at radius 1 is 1.39 bits per heavy atom. The van der Waals surface area contributed by atoms with Gasteiger partial charge in [-0.05, 0) is 57.3 Å². The van der Waals surface area contributed by atoms with E-state index in [4.69, 9.17) is 0 Å². The normalized spacial score (nSPS) is 27.7. The predicted molar refractivity (Wildman–Crippen MR) is 86.5 cm³/mol. The molecule has 4 nitrogen and oxygen atoms in total. The van der Waals surface area contributed by atoms with E-state index in [0.29, 0.717) is 37.1 Å². The van der Waals surface area contributed by atoms with Gasteiger partial charge in [0.2, 0.25) is 5.91 Å². The number of likely N-dealkylation sites (tertiary alicyclic amines) is 1. The van der Waals surface area contributed by atoms with Gasteiger partial charge in [0, 0.05) is 18.7 Å². The van der Waals surface area contributed by atoms with E-state index in [9.17, 15) is 14.3 Å². The molecule has 0 spiro atoms. The van der Waals surface area contributed by atoms with Crippen LogP contribution in [0.3, 0.4) is 0 Å². The van der Waals surface area contributed by atoms with E-state index in [0.717, 1.165) is 13.1 Å². The van der Waals surface area contributed by atoms with Gasteiger partial charge >= 0.3 is 0 Å². The molecule has 2 N–H and O–H groups in total. The summed E-state index contributed by atoms with van der Waals surface area (Å²) >= 11 is 0. The summed E-state index contributed by atoms with van der Waals surface area (Å²) in [4.78, 5) is 14.7. The number of nitrogens with zero attached hydrogens (tertiary/aromatic N) is 1. The topological polar surface area (TPSA) is 52.6 Å². The van der Waals surface area contributed by atoms with Gasteiger partial charge < -0.3 is 10.4 Å². The van der Waals surface area contributed by atoms with E-state index in [-0.39, 0.29) is 11.7 Å². The van der Waals surface area contributed by atoms with Crippen molar-refractivity contribution >= 4 is 5.91 Å². The summed E-state index contributed by atoms with van der Waals surface area (Å²) in [5.41, 5.74) is 0.584. The van der Waals surface area contributed by atoms with Crippen LogP contribution in [0.25, 0.3) is 0 Å². The largest absolute Gasteiger partial charge is 0.393 e. The second kappa shape index (κ2) is 6.57. The second-order valence-electron chi connectivity index (χ2n) is 6.79. The Bertz CT molecular complexity index is 578. The number of hydrogen-bond donors (Lipinski definition) is 2. The monoisotopic (exact) mass is 320 g/mol. The van der Waals surface area contributed by atoms with E-state index in [1.807, 2.05) is 13.0 Å². The van der Waals surface area contributed by atoms with Crippen LogP contribution in [0.1, 0.15) is 43.7 Å². The average Bonchev–Trinajstić information content (AvgIpc) is 2.99. The third kappa shape index (κ3) is 3.12. The molecule has 1 aromatic rings. The molecule has 1 saturated carbocycles. The van der Waals surface area contributed by atoms with E-state index in [1.54, 1.807) is 6.07 Å². The maximum Gasteiger partial charge on any atom is 0.230 e. The Hall–Kier alpha value is -1.46. The number of aliphatic hydroxyl groups is 1. The molecule has 2 fully saturated rings. The standard InChI is InChI=1S/C18H25FN2O2/c1-2-20-17(23)18(10-15(22)11-18)14-6-5-13(16(19)9-14)12-21-7-3-4-8-21/h5-6,9,15,22H,2-4,7-8,10-12H2,1H3,(H,20,23). The summed E-state index contributed by atoms with van der Waals surface area (Å²) in [6.07, 6.45) is 2.61. The molecule has 1 aliphatic carbocycles. The van der Waals surface area contributed by atoms with Crippen molar-refractivity contribution in [3.8, 4) is 0 Å². The van der Waals surface area contributed by atoms with Crippen LogP contribution < -0.4 is 5.32 Å². The van der Waals surface area contributed by atoms with Crippen LogP contribution in [0.15, 0.2) is 18.2 Å². The van der Waals surface area contributed by atoms with Gasteiger partial charge in [0.25, 0.3) is 0 Å². The summed E-state index contributed by atoms with van der Waals surface area (Å²) in [7, 11) is 0. The molecule has 23 heavy (non-hydrogen) atoms. The Balaban J connectivity index is 1.81. The molecule has 1 aliphatic heterocycles. The Labute approximate surface area is 136 Å². The van der Waals surface area contributed by atoms with Gasteiger partial charge in [-0.25, -0.2) is 4.39 Å². The van der Waals surface area contributed by atoms with Crippen molar-refractivity contribution in [2.75, 3.05) is 19.6 Å². The molecule has 5 heteroatoms. The van der Waals surface area contributed by atoms with Gasteiger partial charge in [-0.2, -0.15) is 0 Å². The van der Waals surface area contributed by atoms with E-state index >= 15 is 0 Å². The third-order valence-corrected chi connectivity index (χ3v) is 5.14. The van der Waals surface area contributed by atoms with Gasteiger partial charge in [0.15, 0.2) is 0 Å². The zero-order chi connectivity index (χ0) is 16.4. The number of nitrogens with one attached hydrogen (secondary N) is 1. The predicted octanol–water partition coefficient (Wildman–Crippen LogP) is 1.95. The second-order valence-corrected chi connectivity index (χ2v) is 6.79. The van der Waals surface area contributed by atoms with Gasteiger partial charge in [-0.1, -0.05) is 12.1 Å². The molecular formula is C18H25FN2O2. The van der Waals surface area contributed by atoms with E-state index in [2.05, 4.69) is 10.2 Å². The molecule has 1 amide bonds. The summed E-state index contributed by atoms with van der Waals surface area (Å²) in [6, 6.07) is 5.15. The first kappa shape index (κ1) is 16.4. The quantitative estimate of drug-likeness (QED) is 0.872. The Kier molecular flexibility index (Phi) is 4.69. The minimum atomic E-state index is -0.775. The van der Waals surface area contributed by atoms with Crippen molar-refractivity contribution < 1.29 is 14.3 Å². The lowest BCUT2D eigenvalue weighted by Gasteiger charge is -2.44. The fourth-order valence-electron chi connectivity index (χ4n) is 3.78. The molecule has 0 bridgehead atoms. The smallest absolute Gasteiger partial charge is 0.230 e. The lowest BCUT2D eigenvalue weighted by atomic mass is 9.62. The first-order chi connectivity index (χ1) is 11.0. The summed E-state index contributed by atoms with van der Waals surface area (Å²) in [5.74, 6) is -0.364. The summed E-state index contributed by atoms with van der Waals surface area (Å²) in [5, 5.41) is 12.5. The highest BCUT2D eigenvalue weighted by Crippen LogP contribution is 2.44. The Morgan fingerprint density at radius 3 is 2.65 bits per heavy atom. The number of benzene rings is 1. The molecule has 0 atom stereocenters. The lowest BCUT2D eigenvalue weighted by molar-refractivity contribution is -0.135. The molecule has 1 saturated heterocycles. The van der Waals surface area contributed by atoms with Crippen LogP contribution in [-0.2, 0) is 16.8 Å². The maximum absolute atomic E-state index is 14.5. The Morgan fingerprint density at radius 2 is 2.09 bits per heavy atom. The van der Waals surface area contributed by atoms with E-state index < -0.39 is 11.5 Å². The third-order valence-electron chi connectivity index (χ3n) is 5.14. The molecule has 0 radical (unpaired) electrons. The summed E-state index contributed by atoms with van der Waals surface area (Å²) in [6.45, 7) is 5.07. The highest BCUT2D eigenvalue weighted by Gasteiger charge is 2.50. The fraction of sp³-hybridized carbons (Fsp3) is 0.611. The van der Waals surface area contributed by atoms with Gasteiger partial charge in [-0.15, -0.1) is 0 Å². The highest BCUT2D eigenvalue weighted by atomic mass is 19.1.